The van der Waals surface area contributed by atoms with E-state index in [1.54, 1.807) is 6.92 Å². The molecule has 1 saturated heterocycles. The Labute approximate surface area is 263 Å². The Bertz CT molecular complexity index is 1130. The maximum atomic E-state index is 14.0. The van der Waals surface area contributed by atoms with Gasteiger partial charge in [0.1, 0.15) is 12.1 Å². The molecule has 4 fully saturated rings. The number of nitrogens with one attached hydrogen (secondary N) is 4. The van der Waals surface area contributed by atoms with Gasteiger partial charge in [0.05, 0.1) is 16.8 Å². The minimum Gasteiger partial charge on any atom is -0.347 e. The summed E-state index contributed by atoms with van der Waals surface area (Å²) < 4.78 is 21.9. The third-order valence-electron chi connectivity index (χ3n) is 9.75. The number of nitrogens with zero attached hydrogens (tertiary/aromatic N) is 1. The van der Waals surface area contributed by atoms with Crippen LogP contribution in [0, 0.1) is 11.3 Å². The van der Waals surface area contributed by atoms with Gasteiger partial charge in [-0.15, -0.1) is 0 Å². The molecule has 0 aromatic rings. The summed E-state index contributed by atoms with van der Waals surface area (Å²) >= 11 is -2.14. The van der Waals surface area contributed by atoms with E-state index in [-0.39, 0.29) is 6.04 Å². The van der Waals surface area contributed by atoms with Crippen molar-refractivity contribution < 1.29 is 32.7 Å². The van der Waals surface area contributed by atoms with Gasteiger partial charge in [0.15, 0.2) is 11.1 Å². The highest BCUT2D eigenvalue weighted by molar-refractivity contribution is 7.80. The highest BCUT2D eigenvalue weighted by Crippen LogP contribution is 2.35. The predicted molar refractivity (Wildman–Crippen MR) is 166 cm³/mol. The summed E-state index contributed by atoms with van der Waals surface area (Å²) in [5, 5.41) is 10.6. The smallest absolute Gasteiger partial charge is 0.315 e. The van der Waals surface area contributed by atoms with Gasteiger partial charge in [-0.05, 0) is 69.6 Å². The number of Topliss-reactive ketones (excluding diaryl/α,β-unsaturated/α-hetero) is 1. The molecule has 248 valence electrons. The molecular weight excluding hydrogens is 586 g/mol. The maximum absolute atomic E-state index is 14.0. The number of likely N-dealkylation sites (tertiary alicyclic amines) is 1. The van der Waals surface area contributed by atoms with Gasteiger partial charge >= 0.3 is 6.03 Å². The second-order valence-electron chi connectivity index (χ2n) is 14.4. The molecule has 5 amide bonds. The summed E-state index contributed by atoms with van der Waals surface area (Å²) in [4.78, 5) is 68.1. The summed E-state index contributed by atoms with van der Waals surface area (Å²) in [6, 6.07) is -3.34. The standard InChI is InChI=1S/C31H51N5O7S/c1-19(44(42)43)31(16-6-5-7-17-31)35-29(41)34-25(30(2,3)4)28(40)36-18-8-9-23(36)26(38)33-22(15-12-20-10-11-20)24(37)27(39)32-21-13-14-21/h19-23,25H,5-18H2,1-4H3,(H,32,39)(H,33,38)(H,42,43)(H2,34,35,41)/t19-,22-,23-,25+/m0/s1. The fourth-order valence-corrected chi connectivity index (χ4v) is 7.19. The lowest BCUT2D eigenvalue weighted by Crippen LogP contribution is -2.64. The van der Waals surface area contributed by atoms with Crippen molar-refractivity contribution in [2.75, 3.05) is 6.54 Å². The summed E-state index contributed by atoms with van der Waals surface area (Å²) in [6.45, 7) is 7.45. The van der Waals surface area contributed by atoms with Crippen molar-refractivity contribution in [3.8, 4) is 0 Å². The maximum Gasteiger partial charge on any atom is 0.315 e. The number of amides is 5. The molecule has 0 spiro atoms. The molecule has 4 rings (SSSR count). The van der Waals surface area contributed by atoms with Crippen LogP contribution in [0.25, 0.3) is 0 Å². The molecule has 5 N–H and O–H groups in total. The van der Waals surface area contributed by atoms with E-state index in [9.17, 15) is 32.7 Å². The number of ketones is 1. The number of carbonyl (C=O) groups is 5. The van der Waals surface area contributed by atoms with Crippen LogP contribution in [0.1, 0.15) is 111 Å². The summed E-state index contributed by atoms with van der Waals surface area (Å²) in [5.41, 5.74) is -1.58. The minimum atomic E-state index is -2.14. The summed E-state index contributed by atoms with van der Waals surface area (Å²) in [5.74, 6) is -1.69. The molecule has 0 bridgehead atoms. The largest absolute Gasteiger partial charge is 0.347 e. The molecule has 1 heterocycles. The van der Waals surface area contributed by atoms with E-state index in [0.29, 0.717) is 44.6 Å². The first kappa shape index (κ1) is 34.3. The molecule has 0 aromatic carbocycles. The van der Waals surface area contributed by atoms with Crippen LogP contribution in [0.15, 0.2) is 0 Å². The SMILES string of the molecule is C[C@H](S(=O)O)C1(NC(=O)N[C@H](C(=O)N2CCC[C@H]2C(=O)N[C@@H](CCC2CC2)C(=O)C(=O)NC2CC2)C(C)(C)C)CCCCC1. The zero-order chi connectivity index (χ0) is 32.2. The fraction of sp³-hybridized carbons (Fsp3) is 0.839. The summed E-state index contributed by atoms with van der Waals surface area (Å²) in [7, 11) is 0. The van der Waals surface area contributed by atoms with E-state index in [0.717, 1.165) is 51.4 Å². The molecule has 4 aliphatic rings. The Morgan fingerprint density at radius 3 is 2.18 bits per heavy atom. The number of carbonyl (C=O) groups excluding carboxylic acids is 5. The molecule has 0 aromatic heterocycles. The molecule has 5 atom stereocenters. The third-order valence-corrected chi connectivity index (χ3v) is 10.8. The Morgan fingerprint density at radius 2 is 1.61 bits per heavy atom. The van der Waals surface area contributed by atoms with Crippen LogP contribution in [0.5, 0.6) is 0 Å². The predicted octanol–water partition coefficient (Wildman–Crippen LogP) is 2.53. The van der Waals surface area contributed by atoms with Crippen molar-refractivity contribution in [3.05, 3.63) is 0 Å². The van der Waals surface area contributed by atoms with Gasteiger partial charge in [-0.2, -0.15) is 0 Å². The molecule has 44 heavy (non-hydrogen) atoms. The molecule has 3 aliphatic carbocycles. The normalized spacial score (nSPS) is 24.4. The average Bonchev–Trinajstić information content (AvgIpc) is 3.91. The van der Waals surface area contributed by atoms with Gasteiger partial charge in [0.2, 0.25) is 17.6 Å². The van der Waals surface area contributed by atoms with E-state index in [1.165, 1.54) is 4.90 Å². The van der Waals surface area contributed by atoms with Crippen molar-refractivity contribution in [3.63, 3.8) is 0 Å². The highest BCUT2D eigenvalue weighted by Gasteiger charge is 2.45. The van der Waals surface area contributed by atoms with E-state index in [1.807, 2.05) is 20.8 Å². The molecule has 13 heteroatoms. The van der Waals surface area contributed by atoms with Gasteiger partial charge in [-0.25, -0.2) is 9.00 Å². The van der Waals surface area contributed by atoms with Gasteiger partial charge < -0.3 is 30.7 Å². The second kappa shape index (κ2) is 14.3. The van der Waals surface area contributed by atoms with Gasteiger partial charge in [0.25, 0.3) is 5.91 Å². The molecule has 1 aliphatic heterocycles. The molecule has 0 radical (unpaired) electrons. The topological polar surface area (TPSA) is 174 Å². The second-order valence-corrected chi connectivity index (χ2v) is 15.7. The zero-order valence-corrected chi connectivity index (χ0v) is 27.4. The molecule has 3 saturated carbocycles. The van der Waals surface area contributed by atoms with E-state index < -0.39 is 74.9 Å². The van der Waals surface area contributed by atoms with Crippen molar-refractivity contribution in [2.24, 2.45) is 11.3 Å². The van der Waals surface area contributed by atoms with Crippen LogP contribution < -0.4 is 21.3 Å². The van der Waals surface area contributed by atoms with E-state index in [4.69, 9.17) is 0 Å². The van der Waals surface area contributed by atoms with Gasteiger partial charge in [-0.1, -0.05) is 52.9 Å². The average molecular weight is 638 g/mol. The Hall–Kier alpha value is -2.54. The lowest BCUT2D eigenvalue weighted by molar-refractivity contribution is -0.143. The van der Waals surface area contributed by atoms with Crippen molar-refractivity contribution in [1.29, 1.82) is 0 Å². The lowest BCUT2D eigenvalue weighted by atomic mass is 9.79. The third kappa shape index (κ3) is 8.80. The van der Waals surface area contributed by atoms with Crippen LogP contribution in [0.2, 0.25) is 0 Å². The number of hydrogen-bond donors (Lipinski definition) is 5. The minimum absolute atomic E-state index is 0.0233. The van der Waals surface area contributed by atoms with Crippen molar-refractivity contribution in [1.82, 2.24) is 26.2 Å². The fourth-order valence-electron chi connectivity index (χ4n) is 6.51. The summed E-state index contributed by atoms with van der Waals surface area (Å²) in [6.07, 6.45) is 9.72. The van der Waals surface area contributed by atoms with Crippen LogP contribution in [0.3, 0.4) is 0 Å². The van der Waals surface area contributed by atoms with E-state index in [2.05, 4.69) is 21.3 Å². The number of rotatable bonds is 13. The Kier molecular flexibility index (Phi) is 11.1. The molecule has 1 unspecified atom stereocenters. The van der Waals surface area contributed by atoms with Crippen LogP contribution in [0.4, 0.5) is 4.79 Å². The van der Waals surface area contributed by atoms with Crippen LogP contribution in [-0.2, 0) is 30.3 Å². The monoisotopic (exact) mass is 637 g/mol. The number of urea groups is 1. The zero-order valence-electron chi connectivity index (χ0n) is 26.6. The van der Waals surface area contributed by atoms with Crippen molar-refractivity contribution >= 4 is 40.6 Å². The van der Waals surface area contributed by atoms with Crippen LogP contribution in [-0.4, -0.2) is 84.7 Å². The van der Waals surface area contributed by atoms with Crippen molar-refractivity contribution in [2.45, 2.75) is 146 Å². The Morgan fingerprint density at radius 1 is 0.955 bits per heavy atom. The van der Waals surface area contributed by atoms with E-state index >= 15 is 0 Å². The first-order chi connectivity index (χ1) is 20.7. The number of hydrogen-bond acceptors (Lipinski definition) is 6. The van der Waals surface area contributed by atoms with Crippen LogP contribution >= 0.6 is 0 Å². The Balaban J connectivity index is 1.44. The quantitative estimate of drug-likeness (QED) is 0.152. The lowest BCUT2D eigenvalue weighted by Gasteiger charge is -2.42. The molecule has 12 nitrogen and oxygen atoms in total. The van der Waals surface area contributed by atoms with Gasteiger partial charge in [0, 0.05) is 12.6 Å². The molecular formula is C31H51N5O7S. The van der Waals surface area contributed by atoms with Gasteiger partial charge in [-0.3, -0.25) is 19.2 Å². The highest BCUT2D eigenvalue weighted by atomic mass is 32.2. The first-order valence-electron chi connectivity index (χ1n) is 16.4. The first-order valence-corrected chi connectivity index (χ1v) is 17.5.